The molecule has 0 saturated heterocycles. The minimum Gasteiger partial charge on any atom is -0.409 e. The molecule has 1 amide bonds. The normalized spacial score (nSPS) is 14.6. The molecule has 0 aromatic heterocycles. The fourth-order valence-electron chi connectivity index (χ4n) is 1.91. The highest BCUT2D eigenvalue weighted by Gasteiger charge is 2.20. The summed E-state index contributed by atoms with van der Waals surface area (Å²) in [5, 5.41) is 14.6. The SMILES string of the molecule is COCC(C)CC(=O)NC(/C(N)=N/O)c1ccccc1. The smallest absolute Gasteiger partial charge is 0.221 e. The number of hydrogen-bond donors (Lipinski definition) is 3. The van der Waals surface area contributed by atoms with Gasteiger partial charge in [-0.2, -0.15) is 0 Å². The van der Waals surface area contributed by atoms with Crippen LogP contribution in [0.2, 0.25) is 0 Å². The molecule has 0 bridgehead atoms. The number of carbonyl (C=O) groups excluding carboxylic acids is 1. The Kier molecular flexibility index (Phi) is 6.52. The van der Waals surface area contributed by atoms with Crippen molar-refractivity contribution in [2.45, 2.75) is 19.4 Å². The third-order valence-electron chi connectivity index (χ3n) is 2.83. The molecule has 2 atom stereocenters. The van der Waals surface area contributed by atoms with Gasteiger partial charge in [0.25, 0.3) is 0 Å². The molecule has 4 N–H and O–H groups in total. The number of methoxy groups -OCH3 is 1. The zero-order chi connectivity index (χ0) is 15.0. The molecule has 1 aromatic rings. The van der Waals surface area contributed by atoms with Crippen LogP contribution in [0.1, 0.15) is 24.9 Å². The molecule has 1 aromatic carbocycles. The number of carbonyl (C=O) groups is 1. The molecule has 0 aliphatic rings. The number of rotatable bonds is 7. The van der Waals surface area contributed by atoms with Crippen molar-refractivity contribution >= 4 is 11.7 Å². The first-order valence-electron chi connectivity index (χ1n) is 6.39. The molecule has 2 unspecified atom stereocenters. The first kappa shape index (κ1) is 16.0. The largest absolute Gasteiger partial charge is 0.409 e. The molecule has 0 spiro atoms. The molecular formula is C14H21N3O3. The molecule has 1 rings (SSSR count). The lowest BCUT2D eigenvalue weighted by atomic mass is 10.0. The van der Waals surface area contributed by atoms with Crippen LogP contribution in [-0.4, -0.2) is 30.7 Å². The molecule has 6 nitrogen and oxygen atoms in total. The van der Waals surface area contributed by atoms with Crippen molar-refractivity contribution in [2.24, 2.45) is 16.8 Å². The van der Waals surface area contributed by atoms with E-state index in [4.69, 9.17) is 15.7 Å². The molecule has 0 heterocycles. The maximum atomic E-state index is 12.0. The van der Waals surface area contributed by atoms with Gasteiger partial charge in [0.2, 0.25) is 5.91 Å². The van der Waals surface area contributed by atoms with Crippen molar-refractivity contribution in [3.63, 3.8) is 0 Å². The third kappa shape index (κ3) is 4.89. The van der Waals surface area contributed by atoms with E-state index >= 15 is 0 Å². The maximum absolute atomic E-state index is 12.0. The van der Waals surface area contributed by atoms with E-state index in [1.807, 2.05) is 37.3 Å². The topological polar surface area (TPSA) is 96.9 Å². The highest BCUT2D eigenvalue weighted by molar-refractivity contribution is 5.90. The van der Waals surface area contributed by atoms with Gasteiger partial charge in [0, 0.05) is 20.1 Å². The van der Waals surface area contributed by atoms with Crippen LogP contribution >= 0.6 is 0 Å². The molecule has 6 heteroatoms. The second kappa shape index (κ2) is 8.16. The number of nitrogens with one attached hydrogen (secondary N) is 1. The van der Waals surface area contributed by atoms with E-state index in [0.29, 0.717) is 13.0 Å². The van der Waals surface area contributed by atoms with E-state index in [9.17, 15) is 4.79 Å². The van der Waals surface area contributed by atoms with E-state index in [1.54, 1.807) is 7.11 Å². The van der Waals surface area contributed by atoms with Crippen molar-refractivity contribution in [3.8, 4) is 0 Å². The first-order valence-corrected chi connectivity index (χ1v) is 6.39. The summed E-state index contributed by atoms with van der Waals surface area (Å²) in [6.07, 6.45) is 0.315. The summed E-state index contributed by atoms with van der Waals surface area (Å²) in [5.74, 6) is -0.123. The van der Waals surface area contributed by atoms with E-state index in [-0.39, 0.29) is 17.7 Å². The van der Waals surface area contributed by atoms with Gasteiger partial charge in [0.15, 0.2) is 5.84 Å². The Labute approximate surface area is 118 Å². The molecule has 0 fully saturated rings. The molecule has 0 aliphatic heterocycles. The minimum absolute atomic E-state index is 0.0519. The zero-order valence-electron chi connectivity index (χ0n) is 11.7. The summed E-state index contributed by atoms with van der Waals surface area (Å²) in [4.78, 5) is 12.0. The van der Waals surface area contributed by atoms with Gasteiger partial charge in [-0.1, -0.05) is 42.4 Å². The number of amidine groups is 1. The van der Waals surface area contributed by atoms with Gasteiger partial charge in [-0.25, -0.2) is 0 Å². The highest BCUT2D eigenvalue weighted by atomic mass is 16.5. The summed E-state index contributed by atoms with van der Waals surface area (Å²) >= 11 is 0. The average Bonchev–Trinajstić information content (AvgIpc) is 2.45. The highest BCUT2D eigenvalue weighted by Crippen LogP contribution is 2.13. The monoisotopic (exact) mass is 279 g/mol. The van der Waals surface area contributed by atoms with E-state index in [0.717, 1.165) is 5.56 Å². The third-order valence-corrected chi connectivity index (χ3v) is 2.83. The van der Waals surface area contributed by atoms with E-state index in [1.165, 1.54) is 0 Å². The average molecular weight is 279 g/mol. The van der Waals surface area contributed by atoms with Crippen LogP contribution in [0.5, 0.6) is 0 Å². The van der Waals surface area contributed by atoms with Crippen LogP contribution in [0.4, 0.5) is 0 Å². The Morgan fingerprint density at radius 3 is 2.65 bits per heavy atom. The lowest BCUT2D eigenvalue weighted by Gasteiger charge is -2.19. The Hall–Kier alpha value is -2.08. The van der Waals surface area contributed by atoms with Gasteiger partial charge in [-0.05, 0) is 11.5 Å². The number of nitrogens with zero attached hydrogens (tertiary/aromatic N) is 1. The number of benzene rings is 1. The van der Waals surface area contributed by atoms with Crippen molar-refractivity contribution in [1.29, 1.82) is 0 Å². The number of amides is 1. The molecular weight excluding hydrogens is 258 g/mol. The standard InChI is InChI=1S/C14H21N3O3/c1-10(9-20-2)8-12(18)16-13(14(15)17-19)11-6-4-3-5-7-11/h3-7,10,13,19H,8-9H2,1-2H3,(H2,15,17)(H,16,18). The van der Waals surface area contributed by atoms with Crippen LogP contribution in [0, 0.1) is 5.92 Å². The fourth-order valence-corrected chi connectivity index (χ4v) is 1.91. The number of hydrogen-bond acceptors (Lipinski definition) is 4. The lowest BCUT2D eigenvalue weighted by Crippen LogP contribution is -2.38. The lowest BCUT2D eigenvalue weighted by molar-refractivity contribution is -0.122. The summed E-state index contributed by atoms with van der Waals surface area (Å²) in [6.45, 7) is 2.43. The summed E-state index contributed by atoms with van der Waals surface area (Å²) < 4.78 is 4.99. The molecule has 0 saturated carbocycles. The summed E-state index contributed by atoms with van der Waals surface area (Å²) in [5.41, 5.74) is 6.41. The fraction of sp³-hybridized carbons (Fsp3) is 0.429. The van der Waals surface area contributed by atoms with E-state index in [2.05, 4.69) is 10.5 Å². The van der Waals surface area contributed by atoms with Crippen molar-refractivity contribution in [1.82, 2.24) is 5.32 Å². The first-order chi connectivity index (χ1) is 9.58. The van der Waals surface area contributed by atoms with Crippen LogP contribution in [0.15, 0.2) is 35.5 Å². The number of oxime groups is 1. The van der Waals surface area contributed by atoms with Gasteiger partial charge in [0.1, 0.15) is 6.04 Å². The number of nitrogens with two attached hydrogens (primary N) is 1. The molecule has 110 valence electrons. The van der Waals surface area contributed by atoms with Crippen molar-refractivity contribution in [3.05, 3.63) is 35.9 Å². The van der Waals surface area contributed by atoms with Gasteiger partial charge in [0.05, 0.1) is 0 Å². The van der Waals surface area contributed by atoms with Gasteiger partial charge in [-0.15, -0.1) is 0 Å². The molecule has 20 heavy (non-hydrogen) atoms. The maximum Gasteiger partial charge on any atom is 0.221 e. The minimum atomic E-state index is -0.636. The second-order valence-electron chi connectivity index (χ2n) is 4.70. The Balaban J connectivity index is 2.74. The van der Waals surface area contributed by atoms with Crippen molar-refractivity contribution in [2.75, 3.05) is 13.7 Å². The Bertz CT molecular complexity index is 448. The Morgan fingerprint density at radius 1 is 1.45 bits per heavy atom. The number of ether oxygens (including phenoxy) is 1. The van der Waals surface area contributed by atoms with Crippen LogP contribution in [0.25, 0.3) is 0 Å². The van der Waals surface area contributed by atoms with E-state index < -0.39 is 6.04 Å². The predicted octanol–water partition coefficient (Wildman–Crippen LogP) is 1.26. The predicted molar refractivity (Wildman–Crippen MR) is 76.4 cm³/mol. The summed E-state index contributed by atoms with van der Waals surface area (Å²) in [6, 6.07) is 8.49. The van der Waals surface area contributed by atoms with Gasteiger partial charge < -0.3 is 21.0 Å². The van der Waals surface area contributed by atoms with Crippen LogP contribution < -0.4 is 11.1 Å². The summed E-state index contributed by atoms with van der Waals surface area (Å²) in [7, 11) is 1.59. The van der Waals surface area contributed by atoms with Crippen molar-refractivity contribution < 1.29 is 14.7 Å². The van der Waals surface area contributed by atoms with Crippen LogP contribution in [-0.2, 0) is 9.53 Å². The van der Waals surface area contributed by atoms with Gasteiger partial charge in [-0.3, -0.25) is 4.79 Å². The molecule has 0 aliphatic carbocycles. The molecule has 0 radical (unpaired) electrons. The second-order valence-corrected chi connectivity index (χ2v) is 4.70. The Morgan fingerprint density at radius 2 is 2.10 bits per heavy atom. The van der Waals surface area contributed by atoms with Crippen LogP contribution in [0.3, 0.4) is 0 Å². The quantitative estimate of drug-likeness (QED) is 0.303. The zero-order valence-corrected chi connectivity index (χ0v) is 11.7. The van der Waals surface area contributed by atoms with Gasteiger partial charge >= 0.3 is 0 Å².